The Kier molecular flexibility index (Phi) is 6.16. The molecule has 2 heterocycles. The number of nitrogens with zero attached hydrogens (tertiary/aromatic N) is 3. The molecule has 1 aromatic heterocycles. The molecule has 5 heteroatoms. The van der Waals surface area contributed by atoms with E-state index in [1.807, 2.05) is 13.2 Å². The zero-order chi connectivity index (χ0) is 17.5. The molecule has 0 unspecified atom stereocenters. The average molecular weight is 344 g/mol. The van der Waals surface area contributed by atoms with Crippen LogP contribution in [0.3, 0.4) is 0 Å². The van der Waals surface area contributed by atoms with Gasteiger partial charge in [0.25, 0.3) is 0 Å². The van der Waals surface area contributed by atoms with Crippen LogP contribution in [0.5, 0.6) is 0 Å². The van der Waals surface area contributed by atoms with Gasteiger partial charge >= 0.3 is 0 Å². The number of guanidine groups is 1. The van der Waals surface area contributed by atoms with Crippen molar-refractivity contribution in [3.05, 3.63) is 23.9 Å². The molecule has 1 saturated carbocycles. The maximum atomic E-state index is 4.62. The number of rotatable bonds is 6. The van der Waals surface area contributed by atoms with Crippen LogP contribution >= 0.6 is 0 Å². The molecule has 2 aliphatic rings. The van der Waals surface area contributed by atoms with Gasteiger partial charge in [-0.05, 0) is 49.1 Å². The molecule has 0 bridgehead atoms. The molecular formula is C20H33N5. The molecule has 2 N–H and O–H groups in total. The second kappa shape index (κ2) is 8.54. The molecule has 5 nitrogen and oxygen atoms in total. The van der Waals surface area contributed by atoms with E-state index in [2.05, 4.69) is 44.6 Å². The Morgan fingerprint density at radius 3 is 2.52 bits per heavy atom. The summed E-state index contributed by atoms with van der Waals surface area (Å²) in [4.78, 5) is 11.4. The highest BCUT2D eigenvalue weighted by atomic mass is 15.2. The number of hydrogen-bond acceptors (Lipinski definition) is 3. The Balaban J connectivity index is 1.47. The smallest absolute Gasteiger partial charge is 0.191 e. The molecule has 1 aromatic rings. The first kappa shape index (κ1) is 18.0. The van der Waals surface area contributed by atoms with Crippen LogP contribution < -0.4 is 15.5 Å². The van der Waals surface area contributed by atoms with E-state index < -0.39 is 0 Å². The van der Waals surface area contributed by atoms with Crippen LogP contribution in [0.2, 0.25) is 0 Å². The standard InChI is InChI=1S/C20H33N5/c1-3-20(10-4-5-11-20)16-24-19(21-2)23-15-17-8-9-18(22-14-17)25-12-6-7-13-25/h8-9,14H,3-7,10-13,15-16H2,1-2H3,(H2,21,23,24). The minimum absolute atomic E-state index is 0.469. The van der Waals surface area contributed by atoms with Gasteiger partial charge in [0.05, 0.1) is 0 Å². The van der Waals surface area contributed by atoms with Crippen molar-refractivity contribution in [2.75, 3.05) is 31.6 Å². The average Bonchev–Trinajstić information content (AvgIpc) is 3.35. The highest BCUT2D eigenvalue weighted by molar-refractivity contribution is 5.79. The molecule has 3 rings (SSSR count). The molecule has 0 amide bonds. The zero-order valence-electron chi connectivity index (χ0n) is 15.9. The summed E-state index contributed by atoms with van der Waals surface area (Å²) >= 11 is 0. The van der Waals surface area contributed by atoms with Crippen molar-refractivity contribution in [2.45, 2.75) is 58.4 Å². The zero-order valence-corrected chi connectivity index (χ0v) is 15.9. The van der Waals surface area contributed by atoms with E-state index in [0.29, 0.717) is 5.41 Å². The van der Waals surface area contributed by atoms with Crippen molar-refractivity contribution >= 4 is 11.8 Å². The first-order valence-corrected chi connectivity index (χ1v) is 9.89. The second-order valence-corrected chi connectivity index (χ2v) is 7.56. The minimum atomic E-state index is 0.469. The van der Waals surface area contributed by atoms with Crippen molar-refractivity contribution in [2.24, 2.45) is 10.4 Å². The molecule has 25 heavy (non-hydrogen) atoms. The fraction of sp³-hybridized carbons (Fsp3) is 0.700. The second-order valence-electron chi connectivity index (χ2n) is 7.56. The fourth-order valence-electron chi connectivity index (χ4n) is 4.11. The summed E-state index contributed by atoms with van der Waals surface area (Å²) in [6.45, 7) is 6.37. The molecule has 0 radical (unpaired) electrons. The van der Waals surface area contributed by atoms with Gasteiger partial charge in [-0.25, -0.2) is 4.98 Å². The third-order valence-corrected chi connectivity index (χ3v) is 5.97. The fourth-order valence-corrected chi connectivity index (χ4v) is 4.11. The lowest BCUT2D eigenvalue weighted by molar-refractivity contribution is 0.283. The molecule has 0 aromatic carbocycles. The van der Waals surface area contributed by atoms with Gasteiger partial charge < -0.3 is 15.5 Å². The van der Waals surface area contributed by atoms with Crippen molar-refractivity contribution in [3.63, 3.8) is 0 Å². The third-order valence-electron chi connectivity index (χ3n) is 5.97. The minimum Gasteiger partial charge on any atom is -0.357 e. The van der Waals surface area contributed by atoms with Crippen molar-refractivity contribution in [1.82, 2.24) is 15.6 Å². The number of aromatic nitrogens is 1. The topological polar surface area (TPSA) is 52.6 Å². The third kappa shape index (κ3) is 4.65. The van der Waals surface area contributed by atoms with E-state index in [0.717, 1.165) is 38.0 Å². The van der Waals surface area contributed by atoms with Gasteiger partial charge in [0.15, 0.2) is 5.96 Å². The quantitative estimate of drug-likeness (QED) is 0.614. The lowest BCUT2D eigenvalue weighted by atomic mass is 9.83. The lowest BCUT2D eigenvalue weighted by Crippen LogP contribution is -2.42. The van der Waals surface area contributed by atoms with E-state index in [9.17, 15) is 0 Å². The SMILES string of the molecule is CCC1(CNC(=NC)NCc2ccc(N3CCCC3)nc2)CCCC1. The van der Waals surface area contributed by atoms with Crippen LogP contribution in [-0.4, -0.2) is 37.6 Å². The van der Waals surface area contributed by atoms with Crippen molar-refractivity contribution < 1.29 is 0 Å². The van der Waals surface area contributed by atoms with Crippen molar-refractivity contribution in [3.8, 4) is 0 Å². The van der Waals surface area contributed by atoms with E-state index >= 15 is 0 Å². The van der Waals surface area contributed by atoms with Gasteiger partial charge in [0.1, 0.15) is 5.82 Å². The Bertz CT molecular complexity index is 554. The van der Waals surface area contributed by atoms with Crippen LogP contribution in [0.25, 0.3) is 0 Å². The molecule has 138 valence electrons. The van der Waals surface area contributed by atoms with Gasteiger partial charge in [0.2, 0.25) is 0 Å². The number of nitrogens with one attached hydrogen (secondary N) is 2. The maximum Gasteiger partial charge on any atom is 0.191 e. The lowest BCUT2D eigenvalue weighted by Gasteiger charge is -2.28. The molecule has 0 atom stereocenters. The summed E-state index contributed by atoms with van der Waals surface area (Å²) < 4.78 is 0. The van der Waals surface area contributed by atoms with Gasteiger partial charge in [-0.15, -0.1) is 0 Å². The summed E-state index contributed by atoms with van der Waals surface area (Å²) in [6, 6.07) is 4.31. The van der Waals surface area contributed by atoms with Crippen LogP contribution in [0.1, 0.15) is 57.4 Å². The highest BCUT2D eigenvalue weighted by Crippen LogP contribution is 2.40. The van der Waals surface area contributed by atoms with Crippen LogP contribution in [0.15, 0.2) is 23.3 Å². The van der Waals surface area contributed by atoms with Gasteiger partial charge in [0, 0.05) is 39.4 Å². The van der Waals surface area contributed by atoms with Gasteiger partial charge in [-0.1, -0.05) is 25.8 Å². The van der Waals surface area contributed by atoms with E-state index in [-0.39, 0.29) is 0 Å². The Morgan fingerprint density at radius 2 is 1.92 bits per heavy atom. The van der Waals surface area contributed by atoms with E-state index in [4.69, 9.17) is 0 Å². The normalized spacial score (nSPS) is 20.1. The van der Waals surface area contributed by atoms with Gasteiger partial charge in [-0.3, -0.25) is 4.99 Å². The number of aliphatic imine (C=N–C) groups is 1. The Hall–Kier alpha value is -1.78. The molecular weight excluding hydrogens is 310 g/mol. The summed E-state index contributed by atoms with van der Waals surface area (Å²) in [6.07, 6.45) is 11.2. The predicted molar refractivity (Wildman–Crippen MR) is 105 cm³/mol. The summed E-state index contributed by atoms with van der Waals surface area (Å²) in [5.74, 6) is 2.00. The number of pyridine rings is 1. The Labute approximate surface area is 152 Å². The molecule has 0 spiro atoms. The molecule has 1 aliphatic carbocycles. The molecule has 1 saturated heterocycles. The highest BCUT2D eigenvalue weighted by Gasteiger charge is 2.31. The Morgan fingerprint density at radius 1 is 1.16 bits per heavy atom. The van der Waals surface area contributed by atoms with E-state index in [1.165, 1.54) is 50.5 Å². The molecule has 1 aliphatic heterocycles. The first-order valence-electron chi connectivity index (χ1n) is 9.89. The van der Waals surface area contributed by atoms with E-state index in [1.54, 1.807) is 0 Å². The summed E-state index contributed by atoms with van der Waals surface area (Å²) in [5.41, 5.74) is 1.66. The molecule has 2 fully saturated rings. The number of anilines is 1. The van der Waals surface area contributed by atoms with Crippen LogP contribution in [-0.2, 0) is 6.54 Å². The monoisotopic (exact) mass is 343 g/mol. The number of hydrogen-bond donors (Lipinski definition) is 2. The predicted octanol–water partition coefficient (Wildman–Crippen LogP) is 3.32. The van der Waals surface area contributed by atoms with Gasteiger partial charge in [-0.2, -0.15) is 0 Å². The maximum absolute atomic E-state index is 4.62. The summed E-state index contributed by atoms with van der Waals surface area (Å²) in [7, 11) is 1.84. The van der Waals surface area contributed by atoms with Crippen LogP contribution in [0.4, 0.5) is 5.82 Å². The first-order chi connectivity index (χ1) is 12.2. The van der Waals surface area contributed by atoms with Crippen LogP contribution in [0, 0.1) is 5.41 Å². The van der Waals surface area contributed by atoms with Crippen molar-refractivity contribution in [1.29, 1.82) is 0 Å². The largest absolute Gasteiger partial charge is 0.357 e. The summed E-state index contributed by atoms with van der Waals surface area (Å²) in [5, 5.41) is 6.97.